The van der Waals surface area contributed by atoms with Crippen molar-refractivity contribution in [3.05, 3.63) is 59.7 Å². The summed E-state index contributed by atoms with van der Waals surface area (Å²) in [5.74, 6) is -0.0138. The number of ketones is 1. The number of aromatic hydroxyl groups is 1. The molecule has 0 amide bonds. The third-order valence-corrected chi connectivity index (χ3v) is 3.65. The molecule has 0 aromatic heterocycles. The summed E-state index contributed by atoms with van der Waals surface area (Å²) in [5, 5.41) is 9.55. The molecule has 2 aromatic rings. The van der Waals surface area contributed by atoms with E-state index < -0.39 is 12.1 Å². The first-order valence-electron chi connectivity index (χ1n) is 7.88. The summed E-state index contributed by atoms with van der Waals surface area (Å²) in [5.41, 5.74) is 1.07. The molecule has 0 radical (unpaired) electrons. The number of hydrogen-bond acceptors (Lipinski definition) is 6. The summed E-state index contributed by atoms with van der Waals surface area (Å²) < 4.78 is 15.2. The van der Waals surface area contributed by atoms with Gasteiger partial charge in [0.2, 0.25) is 5.78 Å². The van der Waals surface area contributed by atoms with Crippen LogP contribution in [0.2, 0.25) is 0 Å². The topological polar surface area (TPSA) is 82.1 Å². The molecule has 0 spiro atoms. The summed E-state index contributed by atoms with van der Waals surface area (Å²) in [6.45, 7) is 1.52. The molecule has 6 heteroatoms. The number of benzene rings is 2. The van der Waals surface area contributed by atoms with E-state index >= 15 is 0 Å². The molecule has 0 aliphatic rings. The zero-order valence-electron chi connectivity index (χ0n) is 14.8. The highest BCUT2D eigenvalue weighted by Crippen LogP contribution is 2.26. The monoisotopic (exact) mass is 356 g/mol. The second kappa shape index (κ2) is 8.71. The van der Waals surface area contributed by atoms with E-state index in [0.717, 1.165) is 0 Å². The number of phenolic OH excluding ortho intramolecular Hbond substituents is 1. The minimum Gasteiger partial charge on any atom is -0.504 e. The van der Waals surface area contributed by atoms with E-state index in [2.05, 4.69) is 0 Å². The first-order valence-corrected chi connectivity index (χ1v) is 7.88. The predicted octanol–water partition coefficient (Wildman–Crippen LogP) is 3.24. The van der Waals surface area contributed by atoms with Crippen LogP contribution in [0.15, 0.2) is 48.5 Å². The van der Waals surface area contributed by atoms with Gasteiger partial charge in [-0.25, -0.2) is 4.79 Å². The van der Waals surface area contributed by atoms with Gasteiger partial charge in [0, 0.05) is 11.6 Å². The third kappa shape index (κ3) is 4.86. The van der Waals surface area contributed by atoms with E-state index in [1.807, 2.05) is 0 Å². The minimum atomic E-state index is -0.921. The van der Waals surface area contributed by atoms with Crippen molar-refractivity contribution in [3.63, 3.8) is 0 Å². The van der Waals surface area contributed by atoms with Crippen LogP contribution < -0.4 is 9.47 Å². The number of Topliss-reactive ketones (excluding diaryl/α,β-unsaturated/α-hetero) is 1. The van der Waals surface area contributed by atoms with E-state index in [1.165, 1.54) is 39.4 Å². The van der Waals surface area contributed by atoms with Gasteiger partial charge in [-0.15, -0.1) is 0 Å². The summed E-state index contributed by atoms with van der Waals surface area (Å²) in [7, 11) is 2.97. The van der Waals surface area contributed by atoms with Crippen molar-refractivity contribution in [1.29, 1.82) is 0 Å². The maximum absolute atomic E-state index is 12.3. The molecule has 0 unspecified atom stereocenters. The van der Waals surface area contributed by atoms with Gasteiger partial charge in [0.15, 0.2) is 17.6 Å². The second-order valence-electron chi connectivity index (χ2n) is 5.44. The van der Waals surface area contributed by atoms with Crippen LogP contribution in [0.25, 0.3) is 6.08 Å². The SMILES string of the molecule is COc1ccc(C(=O)[C@@H](C)OC(=O)/C=C/c2ccc(O)c(OC)c2)cc1. The van der Waals surface area contributed by atoms with Gasteiger partial charge in [-0.1, -0.05) is 6.07 Å². The molecule has 1 N–H and O–H groups in total. The number of ether oxygens (including phenoxy) is 3. The van der Waals surface area contributed by atoms with Gasteiger partial charge in [0.05, 0.1) is 14.2 Å². The molecule has 0 heterocycles. The number of hydrogen-bond donors (Lipinski definition) is 1. The highest BCUT2D eigenvalue weighted by molar-refractivity contribution is 6.01. The molecule has 0 aliphatic heterocycles. The fraction of sp³-hybridized carbons (Fsp3) is 0.200. The number of rotatable bonds is 7. The highest BCUT2D eigenvalue weighted by atomic mass is 16.5. The molecule has 2 rings (SSSR count). The smallest absolute Gasteiger partial charge is 0.331 e. The lowest BCUT2D eigenvalue weighted by atomic mass is 10.1. The van der Waals surface area contributed by atoms with Crippen LogP contribution in [0.3, 0.4) is 0 Å². The molecule has 1 atom stereocenters. The molecule has 2 aromatic carbocycles. The van der Waals surface area contributed by atoms with Crippen molar-refractivity contribution in [1.82, 2.24) is 0 Å². The minimum absolute atomic E-state index is 0.00550. The van der Waals surface area contributed by atoms with Crippen LogP contribution in [0.4, 0.5) is 0 Å². The molecule has 26 heavy (non-hydrogen) atoms. The average molecular weight is 356 g/mol. The van der Waals surface area contributed by atoms with Gasteiger partial charge >= 0.3 is 5.97 Å². The van der Waals surface area contributed by atoms with Gasteiger partial charge in [0.25, 0.3) is 0 Å². The lowest BCUT2D eigenvalue weighted by molar-refractivity contribution is -0.140. The van der Waals surface area contributed by atoms with Crippen LogP contribution in [-0.4, -0.2) is 37.2 Å². The Labute approximate surface area is 151 Å². The first-order chi connectivity index (χ1) is 12.4. The predicted molar refractivity (Wildman–Crippen MR) is 96.6 cm³/mol. The van der Waals surface area contributed by atoms with Crippen LogP contribution in [-0.2, 0) is 9.53 Å². The molecular weight excluding hydrogens is 336 g/mol. The summed E-state index contributed by atoms with van der Waals surface area (Å²) in [6.07, 6.45) is 1.80. The van der Waals surface area contributed by atoms with Crippen LogP contribution in [0.1, 0.15) is 22.8 Å². The van der Waals surface area contributed by atoms with Gasteiger partial charge in [-0.2, -0.15) is 0 Å². The molecule has 0 saturated carbocycles. The third-order valence-electron chi connectivity index (χ3n) is 3.65. The van der Waals surface area contributed by atoms with Crippen molar-refractivity contribution >= 4 is 17.8 Å². The van der Waals surface area contributed by atoms with E-state index in [9.17, 15) is 14.7 Å². The Morgan fingerprint density at radius 3 is 2.35 bits per heavy atom. The molecule has 0 fully saturated rings. The Morgan fingerprint density at radius 1 is 1.04 bits per heavy atom. The number of carbonyl (C=O) groups is 2. The number of methoxy groups -OCH3 is 2. The Hall–Kier alpha value is -3.28. The second-order valence-corrected chi connectivity index (χ2v) is 5.44. The molecule has 0 saturated heterocycles. The van der Waals surface area contributed by atoms with Crippen LogP contribution >= 0.6 is 0 Å². The highest BCUT2D eigenvalue weighted by Gasteiger charge is 2.18. The van der Waals surface area contributed by atoms with E-state index in [4.69, 9.17) is 14.2 Å². The zero-order chi connectivity index (χ0) is 19.1. The van der Waals surface area contributed by atoms with E-state index in [-0.39, 0.29) is 11.5 Å². The number of carbonyl (C=O) groups excluding carboxylic acids is 2. The molecule has 136 valence electrons. The summed E-state index contributed by atoms with van der Waals surface area (Å²) in [6, 6.07) is 11.2. The Bertz CT molecular complexity index is 808. The van der Waals surface area contributed by atoms with Gasteiger partial charge < -0.3 is 19.3 Å². The van der Waals surface area contributed by atoms with Crippen LogP contribution in [0, 0.1) is 0 Å². The molecule has 6 nitrogen and oxygen atoms in total. The Balaban J connectivity index is 1.98. The summed E-state index contributed by atoms with van der Waals surface area (Å²) in [4.78, 5) is 24.2. The van der Waals surface area contributed by atoms with Crippen molar-refractivity contribution in [2.75, 3.05) is 14.2 Å². The van der Waals surface area contributed by atoms with Crippen molar-refractivity contribution in [2.24, 2.45) is 0 Å². The van der Waals surface area contributed by atoms with E-state index in [0.29, 0.717) is 22.6 Å². The maximum Gasteiger partial charge on any atom is 0.331 e. The van der Waals surface area contributed by atoms with Crippen molar-refractivity contribution in [2.45, 2.75) is 13.0 Å². The molecule has 0 aliphatic carbocycles. The fourth-order valence-electron chi connectivity index (χ4n) is 2.22. The fourth-order valence-corrected chi connectivity index (χ4v) is 2.22. The quantitative estimate of drug-likeness (QED) is 0.466. The van der Waals surface area contributed by atoms with Crippen molar-refractivity contribution in [3.8, 4) is 17.2 Å². The Kier molecular flexibility index (Phi) is 6.38. The molecule has 0 bridgehead atoms. The van der Waals surface area contributed by atoms with Gasteiger partial charge in [-0.3, -0.25) is 4.79 Å². The number of esters is 1. The largest absolute Gasteiger partial charge is 0.504 e. The Morgan fingerprint density at radius 2 is 1.73 bits per heavy atom. The first kappa shape index (κ1) is 19.1. The average Bonchev–Trinajstić information content (AvgIpc) is 2.66. The normalized spacial score (nSPS) is 11.8. The number of phenols is 1. The zero-order valence-corrected chi connectivity index (χ0v) is 14.8. The lowest BCUT2D eigenvalue weighted by Gasteiger charge is -2.11. The van der Waals surface area contributed by atoms with Gasteiger partial charge in [0.1, 0.15) is 5.75 Å². The van der Waals surface area contributed by atoms with Crippen molar-refractivity contribution < 1.29 is 28.9 Å². The maximum atomic E-state index is 12.3. The molecular formula is C20H20O6. The van der Waals surface area contributed by atoms with E-state index in [1.54, 1.807) is 36.4 Å². The van der Waals surface area contributed by atoms with Gasteiger partial charge in [-0.05, 0) is 55.0 Å². The summed E-state index contributed by atoms with van der Waals surface area (Å²) >= 11 is 0. The standard InChI is InChI=1S/C20H20O6/c1-13(20(23)15-6-8-16(24-2)9-7-15)26-19(22)11-5-14-4-10-17(21)18(12-14)25-3/h4-13,21H,1-3H3/b11-5+/t13-/m1/s1. The van der Waals surface area contributed by atoms with Crippen LogP contribution in [0.5, 0.6) is 17.2 Å². The lowest BCUT2D eigenvalue weighted by Crippen LogP contribution is -2.23.